The minimum atomic E-state index is -0.914. The van der Waals surface area contributed by atoms with Gasteiger partial charge in [0.15, 0.2) is 0 Å². The summed E-state index contributed by atoms with van der Waals surface area (Å²) >= 11 is 0. The highest BCUT2D eigenvalue weighted by Gasteiger charge is 2.34. The Bertz CT molecular complexity index is 416. The van der Waals surface area contributed by atoms with Gasteiger partial charge in [0.25, 0.3) is 0 Å². The molecule has 1 heterocycles. The highest BCUT2D eigenvalue weighted by molar-refractivity contribution is 5.81. The number of carboxylic acids is 2. The van der Waals surface area contributed by atoms with Crippen molar-refractivity contribution >= 4 is 17.8 Å². The first-order valence-electron chi connectivity index (χ1n) is 7.07. The smallest absolute Gasteiger partial charge is 0.307 e. The molecule has 0 saturated carbocycles. The number of likely N-dealkylation sites (tertiary alicyclic amines) is 1. The van der Waals surface area contributed by atoms with Crippen LogP contribution in [0.15, 0.2) is 0 Å². The third kappa shape index (κ3) is 5.71. The van der Waals surface area contributed by atoms with E-state index in [0.717, 1.165) is 0 Å². The van der Waals surface area contributed by atoms with Gasteiger partial charge in [0.05, 0.1) is 12.3 Å². The summed E-state index contributed by atoms with van der Waals surface area (Å²) in [6.45, 7) is 6.48. The molecule has 1 amide bonds. The van der Waals surface area contributed by atoms with Gasteiger partial charge in [0, 0.05) is 31.1 Å². The van der Waals surface area contributed by atoms with Crippen LogP contribution in [0.1, 0.15) is 33.6 Å². The van der Waals surface area contributed by atoms with Gasteiger partial charge in [-0.3, -0.25) is 19.3 Å². The molecule has 2 unspecified atom stereocenters. The number of hydrogen-bond acceptors (Lipinski definition) is 4. The van der Waals surface area contributed by atoms with Crippen molar-refractivity contribution < 1.29 is 24.6 Å². The van der Waals surface area contributed by atoms with Crippen molar-refractivity contribution in [2.75, 3.05) is 19.6 Å². The molecular weight excluding hydrogens is 276 g/mol. The van der Waals surface area contributed by atoms with Crippen LogP contribution in [0.4, 0.5) is 0 Å². The molecule has 1 fully saturated rings. The SMILES string of the molecule is CC(C)(C)C(=O)NC1CC(C(=O)O)CN(CCC(=O)O)C1. The average Bonchev–Trinajstić information content (AvgIpc) is 2.34. The summed E-state index contributed by atoms with van der Waals surface area (Å²) in [5.74, 6) is -2.54. The van der Waals surface area contributed by atoms with E-state index in [1.54, 1.807) is 25.7 Å². The van der Waals surface area contributed by atoms with E-state index in [0.29, 0.717) is 26.1 Å². The van der Waals surface area contributed by atoms with Gasteiger partial charge in [-0.25, -0.2) is 0 Å². The van der Waals surface area contributed by atoms with Gasteiger partial charge in [0.1, 0.15) is 0 Å². The van der Waals surface area contributed by atoms with Crippen LogP contribution in [0, 0.1) is 11.3 Å². The second-order valence-corrected chi connectivity index (χ2v) is 6.59. The molecule has 7 heteroatoms. The minimum Gasteiger partial charge on any atom is -0.481 e. The zero-order valence-corrected chi connectivity index (χ0v) is 12.8. The van der Waals surface area contributed by atoms with Crippen LogP contribution >= 0.6 is 0 Å². The summed E-state index contributed by atoms with van der Waals surface area (Å²) in [4.78, 5) is 35.7. The number of piperidine rings is 1. The summed E-state index contributed by atoms with van der Waals surface area (Å²) in [6.07, 6.45) is 0.340. The standard InChI is InChI=1S/C14H24N2O5/c1-14(2,3)13(21)15-10-6-9(12(19)20)7-16(8-10)5-4-11(17)18/h9-10H,4-8H2,1-3H3,(H,15,21)(H,17,18)(H,19,20). The van der Waals surface area contributed by atoms with E-state index in [2.05, 4.69) is 5.32 Å². The molecule has 0 aromatic heterocycles. The maximum Gasteiger partial charge on any atom is 0.307 e. The molecule has 0 aromatic carbocycles. The number of nitrogens with one attached hydrogen (secondary N) is 1. The Morgan fingerprint density at radius 3 is 2.29 bits per heavy atom. The Hall–Kier alpha value is -1.63. The lowest BCUT2D eigenvalue weighted by Gasteiger charge is -2.37. The zero-order chi connectivity index (χ0) is 16.2. The summed E-state index contributed by atoms with van der Waals surface area (Å²) in [5, 5.41) is 20.8. The maximum absolute atomic E-state index is 12.0. The number of carbonyl (C=O) groups excluding carboxylic acids is 1. The molecule has 0 aliphatic carbocycles. The molecule has 0 bridgehead atoms. The van der Waals surface area contributed by atoms with E-state index in [1.807, 2.05) is 0 Å². The topological polar surface area (TPSA) is 107 Å². The van der Waals surface area contributed by atoms with Crippen molar-refractivity contribution in [3.63, 3.8) is 0 Å². The first-order chi connectivity index (χ1) is 9.59. The molecule has 2 atom stereocenters. The molecule has 0 spiro atoms. The van der Waals surface area contributed by atoms with Crippen molar-refractivity contribution in [1.82, 2.24) is 10.2 Å². The molecular formula is C14H24N2O5. The molecule has 1 saturated heterocycles. The molecule has 120 valence electrons. The first-order valence-corrected chi connectivity index (χ1v) is 7.07. The van der Waals surface area contributed by atoms with Crippen LogP contribution in [0.2, 0.25) is 0 Å². The van der Waals surface area contributed by atoms with Gasteiger partial charge >= 0.3 is 11.9 Å². The second kappa shape index (κ2) is 6.89. The monoisotopic (exact) mass is 300 g/mol. The summed E-state index contributed by atoms with van der Waals surface area (Å²) in [6, 6.07) is -0.264. The summed E-state index contributed by atoms with van der Waals surface area (Å²) in [7, 11) is 0. The third-order valence-electron chi connectivity index (χ3n) is 3.53. The molecule has 0 radical (unpaired) electrons. The fraction of sp³-hybridized carbons (Fsp3) is 0.786. The lowest BCUT2D eigenvalue weighted by molar-refractivity contribution is -0.145. The average molecular weight is 300 g/mol. The molecule has 1 aliphatic heterocycles. The van der Waals surface area contributed by atoms with E-state index in [4.69, 9.17) is 5.11 Å². The lowest BCUT2D eigenvalue weighted by Crippen LogP contribution is -2.54. The van der Waals surface area contributed by atoms with E-state index in [1.165, 1.54) is 0 Å². The predicted octanol–water partition coefficient (Wildman–Crippen LogP) is 0.399. The van der Waals surface area contributed by atoms with Crippen LogP contribution in [-0.2, 0) is 14.4 Å². The van der Waals surface area contributed by atoms with E-state index in [-0.39, 0.29) is 18.4 Å². The minimum absolute atomic E-state index is 0.0354. The quantitative estimate of drug-likeness (QED) is 0.678. The molecule has 7 nitrogen and oxygen atoms in total. The molecule has 21 heavy (non-hydrogen) atoms. The molecule has 1 rings (SSSR count). The third-order valence-corrected chi connectivity index (χ3v) is 3.53. The molecule has 3 N–H and O–H groups in total. The number of aliphatic carboxylic acids is 2. The first kappa shape index (κ1) is 17.4. The van der Waals surface area contributed by atoms with E-state index in [9.17, 15) is 19.5 Å². The normalized spacial score (nSPS) is 23.6. The van der Waals surface area contributed by atoms with Crippen LogP contribution in [0.5, 0.6) is 0 Å². The van der Waals surface area contributed by atoms with Crippen molar-refractivity contribution in [1.29, 1.82) is 0 Å². The van der Waals surface area contributed by atoms with Crippen LogP contribution in [-0.4, -0.2) is 58.6 Å². The van der Waals surface area contributed by atoms with Crippen molar-refractivity contribution in [2.24, 2.45) is 11.3 Å². The van der Waals surface area contributed by atoms with Gasteiger partial charge in [-0.2, -0.15) is 0 Å². The van der Waals surface area contributed by atoms with Crippen molar-refractivity contribution in [3.8, 4) is 0 Å². The fourth-order valence-electron chi connectivity index (χ4n) is 2.31. The Balaban J connectivity index is 2.68. The maximum atomic E-state index is 12.0. The Morgan fingerprint density at radius 1 is 1.19 bits per heavy atom. The number of rotatable bonds is 5. The predicted molar refractivity (Wildman–Crippen MR) is 75.8 cm³/mol. The Morgan fingerprint density at radius 2 is 1.81 bits per heavy atom. The van der Waals surface area contributed by atoms with E-state index >= 15 is 0 Å². The fourth-order valence-corrected chi connectivity index (χ4v) is 2.31. The van der Waals surface area contributed by atoms with Crippen molar-refractivity contribution in [3.05, 3.63) is 0 Å². The second-order valence-electron chi connectivity index (χ2n) is 6.59. The van der Waals surface area contributed by atoms with Crippen LogP contribution in [0.25, 0.3) is 0 Å². The van der Waals surface area contributed by atoms with Crippen molar-refractivity contribution in [2.45, 2.75) is 39.7 Å². The molecule has 0 aromatic rings. The largest absolute Gasteiger partial charge is 0.481 e. The number of carboxylic acid groups (broad SMARTS) is 2. The van der Waals surface area contributed by atoms with E-state index < -0.39 is 23.3 Å². The van der Waals surface area contributed by atoms with Gasteiger partial charge in [-0.1, -0.05) is 20.8 Å². The number of nitrogens with zero attached hydrogens (tertiary/aromatic N) is 1. The summed E-state index contributed by atoms with van der Waals surface area (Å²) in [5.41, 5.74) is -0.540. The van der Waals surface area contributed by atoms with Crippen LogP contribution < -0.4 is 5.32 Å². The number of amides is 1. The van der Waals surface area contributed by atoms with Gasteiger partial charge < -0.3 is 15.5 Å². The van der Waals surface area contributed by atoms with Gasteiger partial charge in [-0.05, 0) is 6.42 Å². The number of hydrogen-bond donors (Lipinski definition) is 3. The Kier molecular flexibility index (Phi) is 5.71. The highest BCUT2D eigenvalue weighted by Crippen LogP contribution is 2.20. The molecule has 1 aliphatic rings. The number of carbonyl (C=O) groups is 3. The highest BCUT2D eigenvalue weighted by atomic mass is 16.4. The lowest BCUT2D eigenvalue weighted by atomic mass is 9.91. The van der Waals surface area contributed by atoms with Crippen LogP contribution in [0.3, 0.4) is 0 Å². The zero-order valence-electron chi connectivity index (χ0n) is 12.8. The Labute approximate surface area is 124 Å². The summed E-state index contributed by atoms with van der Waals surface area (Å²) < 4.78 is 0. The van der Waals surface area contributed by atoms with Gasteiger partial charge in [0.2, 0.25) is 5.91 Å². The van der Waals surface area contributed by atoms with Gasteiger partial charge in [-0.15, -0.1) is 0 Å².